The molecule has 1 aliphatic heterocycles. The van der Waals surface area contributed by atoms with Crippen molar-refractivity contribution in [1.82, 2.24) is 0 Å². The number of hydrogen-bond donors (Lipinski definition) is 0. The number of allylic oxidation sites excluding steroid dienone is 1. The number of hydrogen-bond acceptors (Lipinski definition) is 2. The Labute approximate surface area is 172 Å². The van der Waals surface area contributed by atoms with Gasteiger partial charge >= 0.3 is 6.85 Å². The molecule has 0 atom stereocenters. The van der Waals surface area contributed by atoms with Crippen LogP contribution in [0.3, 0.4) is 0 Å². The van der Waals surface area contributed by atoms with Crippen molar-refractivity contribution in [1.29, 1.82) is 0 Å². The minimum absolute atomic E-state index is 0.187. The zero-order valence-electron chi connectivity index (χ0n) is 17.3. The van der Waals surface area contributed by atoms with Crippen molar-refractivity contribution < 1.29 is 8.98 Å². The number of fused-ring (bicyclic) bond motifs is 3. The van der Waals surface area contributed by atoms with Crippen molar-refractivity contribution in [3.63, 3.8) is 0 Å². The Balaban J connectivity index is 1.64. The van der Waals surface area contributed by atoms with Gasteiger partial charge in [-0.25, -0.2) is 4.57 Å². The first-order valence-electron chi connectivity index (χ1n) is 10.1. The Hall–Kier alpha value is -3.27. The van der Waals surface area contributed by atoms with Crippen molar-refractivity contribution in [2.75, 3.05) is 4.81 Å². The van der Waals surface area contributed by atoms with Gasteiger partial charge in [0.1, 0.15) is 11.3 Å². The molecule has 3 heterocycles. The molecule has 0 radical (unpaired) electrons. The third kappa shape index (κ3) is 2.79. The van der Waals surface area contributed by atoms with Crippen LogP contribution in [0.5, 0.6) is 0 Å². The number of aromatic nitrogens is 1. The summed E-state index contributed by atoms with van der Waals surface area (Å²) in [7, 11) is 2.13. The van der Waals surface area contributed by atoms with Crippen LogP contribution >= 0.6 is 0 Å². The topological polar surface area (TPSA) is 20.3 Å². The normalized spacial score (nSPS) is 13.6. The molecule has 0 spiro atoms. The third-order valence-electron chi connectivity index (χ3n) is 5.97. The lowest BCUT2D eigenvalue weighted by Crippen LogP contribution is -2.52. The Kier molecular flexibility index (Phi) is 4.09. The summed E-state index contributed by atoms with van der Waals surface area (Å²) < 4.78 is 8.37. The molecule has 2 aromatic carbocycles. The van der Waals surface area contributed by atoms with Crippen LogP contribution in [0.1, 0.15) is 18.2 Å². The molecule has 0 aliphatic carbocycles. The number of benzene rings is 2. The van der Waals surface area contributed by atoms with E-state index in [2.05, 4.69) is 97.9 Å². The zero-order valence-corrected chi connectivity index (χ0v) is 17.3. The SMILES string of the molecule is CB1c2c(oc3ccccc23)C=C(C)N1c1cc(C)c(-c2ccccc2)c[n+]1C. The lowest BCUT2D eigenvalue weighted by atomic mass is 9.53. The predicted octanol–water partition coefficient (Wildman–Crippen LogP) is 4.94. The molecule has 29 heavy (non-hydrogen) atoms. The van der Waals surface area contributed by atoms with Gasteiger partial charge in [-0.1, -0.05) is 48.5 Å². The second-order valence-electron chi connectivity index (χ2n) is 7.91. The van der Waals surface area contributed by atoms with E-state index in [4.69, 9.17) is 4.42 Å². The lowest BCUT2D eigenvalue weighted by Gasteiger charge is -2.27. The molecule has 4 heteroatoms. The molecule has 1 aliphatic rings. The summed E-state index contributed by atoms with van der Waals surface area (Å²) in [6.45, 7) is 6.80. The van der Waals surface area contributed by atoms with E-state index in [9.17, 15) is 0 Å². The van der Waals surface area contributed by atoms with Crippen LogP contribution in [0, 0.1) is 6.92 Å². The zero-order chi connectivity index (χ0) is 20.1. The molecule has 0 saturated heterocycles. The molecule has 0 N–H and O–H groups in total. The summed E-state index contributed by atoms with van der Waals surface area (Å²) in [5.74, 6) is 2.16. The van der Waals surface area contributed by atoms with E-state index < -0.39 is 0 Å². The van der Waals surface area contributed by atoms with Gasteiger partial charge in [-0.3, -0.25) is 4.81 Å². The van der Waals surface area contributed by atoms with E-state index in [1.165, 1.54) is 39.1 Å². The van der Waals surface area contributed by atoms with Crippen molar-refractivity contribution in [2.45, 2.75) is 20.7 Å². The highest BCUT2D eigenvalue weighted by atomic mass is 16.3. The number of pyridine rings is 1. The van der Waals surface area contributed by atoms with Gasteiger partial charge in [0.15, 0.2) is 0 Å². The quantitative estimate of drug-likeness (QED) is 0.363. The molecule has 2 aromatic heterocycles. The van der Waals surface area contributed by atoms with Gasteiger partial charge in [-0.05, 0) is 37.9 Å². The Bertz CT molecular complexity index is 1260. The van der Waals surface area contributed by atoms with Crippen molar-refractivity contribution in [2.24, 2.45) is 7.05 Å². The van der Waals surface area contributed by atoms with Gasteiger partial charge in [0.2, 0.25) is 0 Å². The molecule has 0 amide bonds. The van der Waals surface area contributed by atoms with Crippen LogP contribution in [-0.4, -0.2) is 6.85 Å². The highest BCUT2D eigenvalue weighted by molar-refractivity contribution is 6.79. The first-order chi connectivity index (χ1) is 14.0. The van der Waals surface area contributed by atoms with Crippen LogP contribution < -0.4 is 14.8 Å². The fourth-order valence-corrected chi connectivity index (χ4v) is 4.59. The van der Waals surface area contributed by atoms with E-state index in [0.717, 1.165) is 11.3 Å². The van der Waals surface area contributed by atoms with Gasteiger partial charge in [0.25, 0.3) is 5.82 Å². The molecule has 3 nitrogen and oxygen atoms in total. The molecular weight excluding hydrogens is 355 g/mol. The van der Waals surface area contributed by atoms with Crippen LogP contribution in [-0.2, 0) is 7.05 Å². The molecule has 4 aromatic rings. The average Bonchev–Trinajstić information content (AvgIpc) is 3.09. The number of furan rings is 1. The lowest BCUT2D eigenvalue weighted by molar-refractivity contribution is -0.657. The standard InChI is InChI=1S/C25H24BN2O/c1-17-14-24(27(4)16-21(17)19-10-6-5-7-11-19)28-18(2)15-23-25(26(28)3)20-12-8-9-13-22(20)29-23/h5-16H,1-4H3/q+1. The summed E-state index contributed by atoms with van der Waals surface area (Å²) in [5, 5.41) is 1.20. The highest BCUT2D eigenvalue weighted by Gasteiger charge is 2.40. The third-order valence-corrected chi connectivity index (χ3v) is 5.97. The average molecular weight is 379 g/mol. The van der Waals surface area contributed by atoms with E-state index in [0.29, 0.717) is 0 Å². The second-order valence-corrected chi connectivity index (χ2v) is 7.91. The fourth-order valence-electron chi connectivity index (χ4n) is 4.59. The molecule has 0 fully saturated rings. The van der Waals surface area contributed by atoms with Gasteiger partial charge in [-0.2, -0.15) is 0 Å². The summed E-state index contributed by atoms with van der Waals surface area (Å²) in [6, 6.07) is 21.2. The van der Waals surface area contributed by atoms with Gasteiger partial charge < -0.3 is 4.42 Å². The van der Waals surface area contributed by atoms with Crippen LogP contribution in [0.2, 0.25) is 6.82 Å². The fraction of sp³-hybridized carbons (Fsp3) is 0.160. The maximum atomic E-state index is 6.14. The van der Waals surface area contributed by atoms with Crippen LogP contribution in [0.4, 0.5) is 5.82 Å². The number of aryl methyl sites for hydroxylation is 2. The predicted molar refractivity (Wildman–Crippen MR) is 121 cm³/mol. The maximum absolute atomic E-state index is 6.14. The Morgan fingerprint density at radius 1 is 0.966 bits per heavy atom. The minimum Gasteiger partial charge on any atom is -0.457 e. The Morgan fingerprint density at radius 3 is 2.48 bits per heavy atom. The van der Waals surface area contributed by atoms with E-state index in [1.54, 1.807) is 0 Å². The summed E-state index contributed by atoms with van der Waals surface area (Å²) >= 11 is 0. The number of nitrogens with zero attached hydrogens (tertiary/aromatic N) is 2. The molecule has 0 saturated carbocycles. The molecule has 5 rings (SSSR count). The van der Waals surface area contributed by atoms with Crippen LogP contribution in [0.25, 0.3) is 28.2 Å². The second kappa shape index (κ2) is 6.66. The van der Waals surface area contributed by atoms with Crippen LogP contribution in [0.15, 0.2) is 77.0 Å². The monoisotopic (exact) mass is 379 g/mol. The van der Waals surface area contributed by atoms with Crippen molar-refractivity contribution >= 4 is 35.2 Å². The minimum atomic E-state index is 0.187. The number of rotatable bonds is 2. The first kappa shape index (κ1) is 17.8. The largest absolute Gasteiger partial charge is 0.457 e. The van der Waals surface area contributed by atoms with Gasteiger partial charge in [-0.15, -0.1) is 0 Å². The van der Waals surface area contributed by atoms with E-state index in [1.807, 2.05) is 12.1 Å². The first-order valence-corrected chi connectivity index (χ1v) is 10.1. The smallest absolute Gasteiger partial charge is 0.413 e. The summed E-state index contributed by atoms with van der Waals surface area (Å²) in [4.78, 5) is 2.41. The maximum Gasteiger partial charge on any atom is 0.413 e. The molecule has 0 bridgehead atoms. The highest BCUT2D eigenvalue weighted by Crippen LogP contribution is 2.31. The number of anilines is 1. The molecule has 0 unspecified atom stereocenters. The van der Waals surface area contributed by atoms with Crippen molar-refractivity contribution in [3.05, 3.63) is 83.9 Å². The summed E-state index contributed by atoms with van der Waals surface area (Å²) in [5.41, 5.74) is 7.18. The Morgan fingerprint density at radius 2 is 1.69 bits per heavy atom. The van der Waals surface area contributed by atoms with Gasteiger partial charge in [0.05, 0.1) is 18.9 Å². The van der Waals surface area contributed by atoms with E-state index in [-0.39, 0.29) is 6.85 Å². The van der Waals surface area contributed by atoms with Crippen molar-refractivity contribution in [3.8, 4) is 11.1 Å². The van der Waals surface area contributed by atoms with E-state index >= 15 is 0 Å². The molecular formula is C25H24BN2O+. The van der Waals surface area contributed by atoms with Gasteiger partial charge in [0, 0.05) is 28.6 Å². The number of para-hydroxylation sites is 1. The summed E-state index contributed by atoms with van der Waals surface area (Å²) in [6.07, 6.45) is 4.40. The molecule has 142 valence electrons.